The van der Waals surface area contributed by atoms with Gasteiger partial charge in [0.05, 0.1) is 23.7 Å². The highest BCUT2D eigenvalue weighted by atomic mass is 35.5. The van der Waals surface area contributed by atoms with E-state index in [4.69, 9.17) is 16.3 Å². The molecule has 1 atom stereocenters. The van der Waals surface area contributed by atoms with Gasteiger partial charge in [-0.15, -0.1) is 5.10 Å². The maximum atomic E-state index is 13.5. The Morgan fingerprint density at radius 2 is 1.86 bits per heavy atom. The second-order valence-electron chi connectivity index (χ2n) is 8.58. The van der Waals surface area contributed by atoms with Crippen LogP contribution in [0.25, 0.3) is 0 Å². The highest BCUT2D eigenvalue weighted by Gasteiger charge is 2.42. The molecule has 0 saturated heterocycles. The monoisotopic (exact) mass is 531 g/mol. The van der Waals surface area contributed by atoms with E-state index in [1.54, 1.807) is 18.2 Å². The molecule has 0 fully saturated rings. The van der Waals surface area contributed by atoms with Gasteiger partial charge in [-0.1, -0.05) is 28.9 Å². The lowest BCUT2D eigenvalue weighted by Crippen LogP contribution is -2.46. The minimum atomic E-state index is -2.83. The van der Waals surface area contributed by atoms with E-state index in [9.17, 15) is 28.3 Å². The first-order valence-electron chi connectivity index (χ1n) is 11.2. The summed E-state index contributed by atoms with van der Waals surface area (Å²) >= 11 is 6.45. The van der Waals surface area contributed by atoms with Crippen molar-refractivity contribution in [2.45, 2.75) is 25.5 Å². The van der Waals surface area contributed by atoms with E-state index in [0.717, 1.165) is 14.5 Å². The first-order chi connectivity index (χ1) is 17.7. The number of benzene rings is 2. The van der Waals surface area contributed by atoms with Crippen LogP contribution in [0.3, 0.4) is 0 Å². The van der Waals surface area contributed by atoms with E-state index in [-0.39, 0.29) is 48.7 Å². The zero-order valence-corrected chi connectivity index (χ0v) is 20.2. The van der Waals surface area contributed by atoms with Crippen LogP contribution in [0, 0.1) is 0 Å². The molecule has 1 N–H and O–H groups in total. The molecule has 0 aliphatic carbocycles. The van der Waals surface area contributed by atoms with Crippen LogP contribution in [0.2, 0.25) is 5.02 Å². The first kappa shape index (κ1) is 24.6. The summed E-state index contributed by atoms with van der Waals surface area (Å²) in [5, 5.41) is 17.7. The normalized spacial score (nSPS) is 16.8. The number of imide groups is 1. The number of halogens is 3. The standard InChI is InChI=1S/C24H20ClF2N5O5/c1-30-20(21(26)27)16(28-29-30)11-37-18-7-6-15(25)14-8-9-31(24(35)36)17(19(14)18)10-32-22(33)12-4-2-3-5-13(12)23(32)34/h2-7,17,21H,8-11H2,1H3,(H,35,36)/t17-/m1/s1. The van der Waals surface area contributed by atoms with Crippen LogP contribution in [-0.4, -0.2) is 60.9 Å². The minimum Gasteiger partial charge on any atom is -0.487 e. The molecule has 13 heteroatoms. The molecule has 2 aliphatic heterocycles. The van der Waals surface area contributed by atoms with Crippen LogP contribution in [-0.2, 0) is 20.1 Å². The third kappa shape index (κ3) is 4.16. The van der Waals surface area contributed by atoms with Crippen molar-refractivity contribution < 1.29 is 33.0 Å². The van der Waals surface area contributed by atoms with E-state index < -0.39 is 36.1 Å². The van der Waals surface area contributed by atoms with Gasteiger partial charge in [-0.05, 0) is 36.2 Å². The number of rotatable bonds is 6. The summed E-state index contributed by atoms with van der Waals surface area (Å²) in [6.45, 7) is -0.580. The summed E-state index contributed by atoms with van der Waals surface area (Å²) in [6.07, 6.45) is -3.84. The van der Waals surface area contributed by atoms with Crippen LogP contribution in [0.15, 0.2) is 36.4 Å². The maximum absolute atomic E-state index is 13.5. The molecule has 0 radical (unpaired) electrons. The predicted molar refractivity (Wildman–Crippen MR) is 125 cm³/mol. The Labute approximate surface area is 214 Å². The molecule has 192 valence electrons. The van der Waals surface area contributed by atoms with Crippen molar-refractivity contribution in [2.24, 2.45) is 7.05 Å². The van der Waals surface area contributed by atoms with Gasteiger partial charge in [-0.3, -0.25) is 19.4 Å². The Balaban J connectivity index is 1.52. The average Bonchev–Trinajstić information content (AvgIpc) is 3.36. The van der Waals surface area contributed by atoms with E-state index in [2.05, 4.69) is 10.3 Å². The topological polar surface area (TPSA) is 118 Å². The van der Waals surface area contributed by atoms with Gasteiger partial charge in [-0.2, -0.15) is 0 Å². The quantitative estimate of drug-likeness (QED) is 0.480. The summed E-state index contributed by atoms with van der Waals surface area (Å²) in [5.41, 5.74) is 0.929. The third-order valence-electron chi connectivity index (χ3n) is 6.57. The molecule has 1 aromatic heterocycles. The van der Waals surface area contributed by atoms with E-state index >= 15 is 0 Å². The number of fused-ring (bicyclic) bond motifs is 2. The highest BCUT2D eigenvalue weighted by Crippen LogP contribution is 2.42. The molecule has 0 spiro atoms. The number of nitrogens with zero attached hydrogens (tertiary/aromatic N) is 5. The van der Waals surface area contributed by atoms with Crippen LogP contribution >= 0.6 is 11.6 Å². The Hall–Kier alpha value is -4.06. The number of aryl methyl sites for hydroxylation is 1. The molecule has 3 amide bonds. The molecule has 37 heavy (non-hydrogen) atoms. The van der Waals surface area contributed by atoms with Crippen molar-refractivity contribution in [2.75, 3.05) is 13.1 Å². The first-order valence-corrected chi connectivity index (χ1v) is 11.6. The number of hydrogen-bond donors (Lipinski definition) is 1. The molecular weight excluding hydrogens is 512 g/mol. The molecule has 3 aromatic rings. The van der Waals surface area contributed by atoms with Crippen molar-refractivity contribution in [3.05, 3.63) is 75.1 Å². The summed E-state index contributed by atoms with van der Waals surface area (Å²) in [6, 6.07) is 8.40. The van der Waals surface area contributed by atoms with Crippen LogP contribution < -0.4 is 4.74 Å². The fourth-order valence-corrected chi connectivity index (χ4v) is 5.09. The SMILES string of the molecule is Cn1nnc(COc2ccc(Cl)c3c2[C@@H](CN2C(=O)c4ccccc4C2=O)N(C(=O)O)CC3)c1C(F)F. The van der Waals surface area contributed by atoms with E-state index in [1.165, 1.54) is 25.2 Å². The van der Waals surface area contributed by atoms with E-state index in [1.807, 2.05) is 0 Å². The summed E-state index contributed by atoms with van der Waals surface area (Å²) in [4.78, 5) is 40.4. The smallest absolute Gasteiger partial charge is 0.407 e. The van der Waals surface area contributed by atoms with Gasteiger partial charge < -0.3 is 9.84 Å². The van der Waals surface area contributed by atoms with Gasteiger partial charge in [-0.25, -0.2) is 18.3 Å². The molecule has 0 unspecified atom stereocenters. The molecule has 3 heterocycles. The van der Waals surface area contributed by atoms with Gasteiger partial charge in [0.1, 0.15) is 23.7 Å². The fourth-order valence-electron chi connectivity index (χ4n) is 4.83. The zero-order chi connectivity index (χ0) is 26.4. The van der Waals surface area contributed by atoms with Crippen LogP contribution in [0.5, 0.6) is 5.75 Å². The molecular formula is C24H20ClF2N5O5. The highest BCUT2D eigenvalue weighted by molar-refractivity contribution is 6.31. The lowest BCUT2D eigenvalue weighted by atomic mass is 9.91. The van der Waals surface area contributed by atoms with Crippen molar-refractivity contribution in [1.29, 1.82) is 0 Å². The predicted octanol–water partition coefficient (Wildman–Crippen LogP) is 3.86. The molecule has 5 rings (SSSR count). The number of amides is 3. The fraction of sp³-hybridized carbons (Fsp3) is 0.292. The van der Waals surface area contributed by atoms with Crippen molar-refractivity contribution in [1.82, 2.24) is 24.8 Å². The number of carboxylic acid groups (broad SMARTS) is 1. The molecule has 2 aliphatic rings. The van der Waals surface area contributed by atoms with Crippen molar-refractivity contribution in [3.63, 3.8) is 0 Å². The number of hydrogen-bond acceptors (Lipinski definition) is 6. The number of aromatic nitrogens is 3. The van der Waals surface area contributed by atoms with Gasteiger partial charge in [0.2, 0.25) is 0 Å². The summed E-state index contributed by atoms with van der Waals surface area (Å²) < 4.78 is 33.8. The number of ether oxygens (including phenoxy) is 1. The Morgan fingerprint density at radius 1 is 1.19 bits per heavy atom. The second-order valence-corrected chi connectivity index (χ2v) is 8.99. The Kier molecular flexibility index (Phi) is 6.28. The van der Waals surface area contributed by atoms with Gasteiger partial charge >= 0.3 is 6.09 Å². The molecule has 2 aromatic carbocycles. The van der Waals surface area contributed by atoms with Crippen molar-refractivity contribution in [3.8, 4) is 5.75 Å². The molecule has 10 nitrogen and oxygen atoms in total. The number of carbonyl (C=O) groups excluding carboxylic acids is 2. The summed E-state index contributed by atoms with van der Waals surface area (Å²) in [7, 11) is 1.34. The average molecular weight is 532 g/mol. The third-order valence-corrected chi connectivity index (χ3v) is 6.92. The number of alkyl halides is 2. The zero-order valence-electron chi connectivity index (χ0n) is 19.4. The summed E-state index contributed by atoms with van der Waals surface area (Å²) in [5.74, 6) is -0.898. The van der Waals surface area contributed by atoms with Crippen LogP contribution in [0.1, 0.15) is 55.7 Å². The largest absolute Gasteiger partial charge is 0.487 e. The van der Waals surface area contributed by atoms with Gasteiger partial charge in [0.25, 0.3) is 18.2 Å². The minimum absolute atomic E-state index is 0.0685. The Bertz CT molecular complexity index is 1390. The van der Waals surface area contributed by atoms with Crippen LogP contribution in [0.4, 0.5) is 13.6 Å². The maximum Gasteiger partial charge on any atom is 0.407 e. The molecule has 0 bridgehead atoms. The van der Waals surface area contributed by atoms with E-state index in [0.29, 0.717) is 16.1 Å². The lowest BCUT2D eigenvalue weighted by Gasteiger charge is -2.38. The second kappa shape index (κ2) is 9.43. The Morgan fingerprint density at radius 3 is 2.49 bits per heavy atom. The van der Waals surface area contributed by atoms with Gasteiger partial charge in [0, 0.05) is 24.2 Å². The van der Waals surface area contributed by atoms with Crippen molar-refractivity contribution >= 4 is 29.5 Å². The van der Waals surface area contributed by atoms with Gasteiger partial charge in [0.15, 0.2) is 0 Å². The lowest BCUT2D eigenvalue weighted by molar-refractivity contribution is 0.0565. The molecule has 0 saturated carbocycles. The number of carbonyl (C=O) groups is 3.